The van der Waals surface area contributed by atoms with Gasteiger partial charge >= 0.3 is 0 Å². The topological polar surface area (TPSA) is 175 Å². The van der Waals surface area contributed by atoms with E-state index in [2.05, 4.69) is 21.3 Å². The van der Waals surface area contributed by atoms with Crippen LogP contribution in [0.1, 0.15) is 38.8 Å². The Kier molecular flexibility index (Phi) is 15.4. The fraction of sp³-hybridized carbons (Fsp3) is 0.500. The molecule has 0 fully saturated rings. The molecule has 4 amide bonds. The molecule has 2 aromatic carbocycles. The van der Waals surface area contributed by atoms with Crippen LogP contribution < -0.4 is 21.3 Å². The number of aliphatic hydroxyl groups is 2. The quantitative estimate of drug-likeness (QED) is 0.135. The number of carbonyl (C=O) groups is 4. The molecule has 0 spiro atoms. The van der Waals surface area contributed by atoms with Crippen molar-refractivity contribution in [2.24, 2.45) is 11.8 Å². The molecule has 2 aromatic rings. The van der Waals surface area contributed by atoms with Gasteiger partial charge in [0.1, 0.15) is 24.3 Å². The van der Waals surface area contributed by atoms with Gasteiger partial charge in [-0.2, -0.15) is 0 Å². The molecule has 0 saturated heterocycles. The second-order valence-corrected chi connectivity index (χ2v) is 11.6. The third kappa shape index (κ3) is 11.0. The van der Waals surface area contributed by atoms with Crippen LogP contribution in [0.15, 0.2) is 36.4 Å². The zero-order valence-electron chi connectivity index (χ0n) is 27.4. The van der Waals surface area contributed by atoms with E-state index >= 15 is 0 Å². The largest absolute Gasteiger partial charge is 0.387 e. The van der Waals surface area contributed by atoms with Crippen LogP contribution in [0.5, 0.6) is 0 Å². The molecule has 0 bridgehead atoms. The summed E-state index contributed by atoms with van der Waals surface area (Å²) >= 11 is 0. The molecule has 0 aromatic heterocycles. The van der Waals surface area contributed by atoms with Crippen LogP contribution in [0.4, 0.5) is 17.6 Å². The zero-order chi connectivity index (χ0) is 36.3. The molecule has 0 heterocycles. The van der Waals surface area contributed by atoms with E-state index in [4.69, 9.17) is 9.47 Å². The Bertz CT molecular complexity index is 1320. The number of rotatable bonds is 17. The van der Waals surface area contributed by atoms with Gasteiger partial charge in [0.2, 0.25) is 11.8 Å². The SMILES string of the molecule is CNC(=O)[C@@H](NC(=O)[C@H](OCc1ccc(F)c(F)c1)[C@H](O)[C@@H](O)[C@@H](OCc1ccc(F)c(F)c1)C(=O)N[C@H](C(=O)NC)C(C)C)C(C)C. The van der Waals surface area contributed by atoms with Crippen LogP contribution in [-0.2, 0) is 41.9 Å². The Labute approximate surface area is 275 Å². The lowest BCUT2D eigenvalue weighted by atomic mass is 9.98. The molecule has 16 heteroatoms. The van der Waals surface area contributed by atoms with Gasteiger partial charge in [-0.1, -0.05) is 39.8 Å². The average Bonchev–Trinajstić information content (AvgIpc) is 3.04. The molecule has 0 saturated carbocycles. The number of halogens is 4. The van der Waals surface area contributed by atoms with Gasteiger partial charge in [0.25, 0.3) is 11.8 Å². The normalized spacial score (nSPS) is 15.2. The minimum atomic E-state index is -2.30. The first-order chi connectivity index (χ1) is 22.5. The molecule has 0 aliphatic carbocycles. The smallest absolute Gasteiger partial charge is 0.252 e. The van der Waals surface area contributed by atoms with E-state index in [-0.39, 0.29) is 11.1 Å². The minimum absolute atomic E-state index is 0.0225. The Balaban J connectivity index is 2.50. The third-order valence-electron chi connectivity index (χ3n) is 7.30. The maximum absolute atomic E-state index is 13.9. The van der Waals surface area contributed by atoms with E-state index < -0.39 is 108 Å². The predicted molar refractivity (Wildman–Crippen MR) is 164 cm³/mol. The predicted octanol–water partition coefficient (Wildman–Crippen LogP) is 1.21. The van der Waals surface area contributed by atoms with Crippen LogP contribution in [-0.4, -0.2) is 84.4 Å². The van der Waals surface area contributed by atoms with Gasteiger partial charge < -0.3 is 41.0 Å². The van der Waals surface area contributed by atoms with E-state index in [1.165, 1.54) is 14.1 Å². The molecule has 6 atom stereocenters. The van der Waals surface area contributed by atoms with E-state index in [9.17, 15) is 47.0 Å². The summed E-state index contributed by atoms with van der Waals surface area (Å²) in [6, 6.07) is 3.15. The molecule has 0 radical (unpaired) electrons. The first-order valence-electron chi connectivity index (χ1n) is 15.0. The highest BCUT2D eigenvalue weighted by atomic mass is 19.2. The van der Waals surface area contributed by atoms with Crippen molar-refractivity contribution in [3.63, 3.8) is 0 Å². The first-order valence-corrected chi connectivity index (χ1v) is 15.0. The number of hydrogen-bond donors (Lipinski definition) is 6. The van der Waals surface area contributed by atoms with Gasteiger partial charge in [-0.15, -0.1) is 0 Å². The minimum Gasteiger partial charge on any atom is -0.387 e. The highest BCUT2D eigenvalue weighted by molar-refractivity contribution is 5.91. The van der Waals surface area contributed by atoms with Gasteiger partial charge in [-0.3, -0.25) is 19.2 Å². The van der Waals surface area contributed by atoms with E-state index in [0.29, 0.717) is 0 Å². The lowest BCUT2D eigenvalue weighted by Gasteiger charge is -2.32. The van der Waals surface area contributed by atoms with Crippen molar-refractivity contribution in [3.8, 4) is 0 Å². The van der Waals surface area contributed by atoms with Crippen molar-refractivity contribution in [1.29, 1.82) is 0 Å². The fourth-order valence-corrected chi connectivity index (χ4v) is 4.50. The second kappa shape index (κ2) is 18.4. The van der Waals surface area contributed by atoms with Crippen molar-refractivity contribution in [1.82, 2.24) is 21.3 Å². The molecule has 0 unspecified atom stereocenters. The molecule has 266 valence electrons. The van der Waals surface area contributed by atoms with E-state index in [0.717, 1.165) is 36.4 Å². The number of nitrogens with one attached hydrogen (secondary N) is 4. The molecule has 0 aliphatic rings. The molecule has 48 heavy (non-hydrogen) atoms. The molecule has 12 nitrogen and oxygen atoms in total. The summed E-state index contributed by atoms with van der Waals surface area (Å²) in [5.41, 5.74) is 0.0451. The van der Waals surface area contributed by atoms with E-state index in [1.54, 1.807) is 27.7 Å². The summed E-state index contributed by atoms with van der Waals surface area (Å²) in [7, 11) is 2.66. The number of benzene rings is 2. The first kappa shape index (κ1) is 40.1. The average molecular weight is 687 g/mol. The van der Waals surface area contributed by atoms with Gasteiger partial charge in [-0.05, 0) is 47.2 Å². The lowest BCUT2D eigenvalue weighted by Crippen LogP contribution is -2.60. The number of carbonyl (C=O) groups excluding carboxylic acids is 4. The van der Waals surface area contributed by atoms with Crippen molar-refractivity contribution < 1.29 is 56.4 Å². The number of hydrogen-bond acceptors (Lipinski definition) is 8. The van der Waals surface area contributed by atoms with Crippen molar-refractivity contribution >= 4 is 23.6 Å². The Hall–Kier alpha value is -4.12. The third-order valence-corrected chi connectivity index (χ3v) is 7.30. The summed E-state index contributed by atoms with van der Waals surface area (Å²) in [6.07, 6.45) is -8.71. The second-order valence-electron chi connectivity index (χ2n) is 11.6. The Morgan fingerprint density at radius 1 is 0.604 bits per heavy atom. The molecule has 6 N–H and O–H groups in total. The van der Waals surface area contributed by atoms with Crippen molar-refractivity contribution in [2.75, 3.05) is 14.1 Å². The van der Waals surface area contributed by atoms with Crippen LogP contribution in [0.3, 0.4) is 0 Å². The number of aliphatic hydroxyl groups excluding tert-OH is 2. The van der Waals surface area contributed by atoms with Crippen molar-refractivity contribution in [3.05, 3.63) is 70.8 Å². The summed E-state index contributed by atoms with van der Waals surface area (Å²) in [5, 5.41) is 32.3. The van der Waals surface area contributed by atoms with Gasteiger partial charge in [0, 0.05) is 14.1 Å². The molecule has 2 rings (SSSR count). The zero-order valence-corrected chi connectivity index (χ0v) is 27.4. The standard InChI is InChI=1S/C32H42F4N4O8/c1-15(2)23(29(43)37-5)39-31(45)27(47-13-17-7-9-19(33)21(35)11-17)25(41)26(42)28(32(46)40-24(16(3)4)30(44)38-6)48-14-18-8-10-20(34)22(36)12-18/h7-12,15-16,23-28,41-42H,13-14H2,1-6H3,(H,37,43)(H,38,44)(H,39,45)(H,40,46)/t23-,24-,25+,26+,27+,28+/m0/s1. The molecule has 0 aliphatic heterocycles. The van der Waals surface area contributed by atoms with Gasteiger partial charge in [0.05, 0.1) is 13.2 Å². The monoisotopic (exact) mass is 686 g/mol. The lowest BCUT2D eigenvalue weighted by molar-refractivity contribution is -0.171. The maximum atomic E-state index is 13.9. The Morgan fingerprint density at radius 2 is 0.938 bits per heavy atom. The number of amides is 4. The van der Waals surface area contributed by atoms with Gasteiger partial charge in [0.15, 0.2) is 35.5 Å². The summed E-state index contributed by atoms with van der Waals surface area (Å²) < 4.78 is 65.9. The fourth-order valence-electron chi connectivity index (χ4n) is 4.50. The van der Waals surface area contributed by atoms with Crippen LogP contribution in [0.2, 0.25) is 0 Å². The van der Waals surface area contributed by atoms with E-state index in [1.807, 2.05) is 0 Å². The summed E-state index contributed by atoms with van der Waals surface area (Å²) in [6.45, 7) is 5.26. The van der Waals surface area contributed by atoms with Gasteiger partial charge in [-0.25, -0.2) is 17.6 Å². The maximum Gasteiger partial charge on any atom is 0.252 e. The number of likely N-dealkylation sites (N-methyl/N-ethyl adjacent to an activating group) is 2. The number of ether oxygens (including phenoxy) is 2. The van der Waals surface area contributed by atoms with Crippen LogP contribution in [0, 0.1) is 35.1 Å². The highest BCUT2D eigenvalue weighted by Gasteiger charge is 2.43. The molecular formula is C32H42F4N4O8. The Morgan fingerprint density at radius 3 is 1.21 bits per heavy atom. The molecular weight excluding hydrogens is 644 g/mol. The van der Waals surface area contributed by atoms with Crippen LogP contribution >= 0.6 is 0 Å². The van der Waals surface area contributed by atoms with Crippen molar-refractivity contribution in [2.45, 2.75) is 77.4 Å². The summed E-state index contributed by atoms with van der Waals surface area (Å²) in [4.78, 5) is 51.9. The highest BCUT2D eigenvalue weighted by Crippen LogP contribution is 2.19. The summed E-state index contributed by atoms with van der Waals surface area (Å²) in [5.74, 6) is -9.17. The van der Waals surface area contributed by atoms with Crippen LogP contribution in [0.25, 0.3) is 0 Å².